The van der Waals surface area contributed by atoms with Crippen LogP contribution in [0.15, 0.2) is 18.2 Å². The summed E-state index contributed by atoms with van der Waals surface area (Å²) in [6, 6.07) is 5.58. The van der Waals surface area contributed by atoms with E-state index in [1.54, 1.807) is 6.07 Å². The summed E-state index contributed by atoms with van der Waals surface area (Å²) >= 11 is 0. The van der Waals surface area contributed by atoms with Gasteiger partial charge in [0.15, 0.2) is 0 Å². The molecule has 80 valence electrons. The van der Waals surface area contributed by atoms with Crippen LogP contribution in [0.25, 0.3) is 0 Å². The van der Waals surface area contributed by atoms with E-state index < -0.39 is 0 Å². The number of rotatable bonds is 4. The van der Waals surface area contributed by atoms with E-state index in [9.17, 15) is 5.11 Å². The van der Waals surface area contributed by atoms with Gasteiger partial charge in [0.25, 0.3) is 0 Å². The van der Waals surface area contributed by atoms with Crippen molar-refractivity contribution in [1.82, 2.24) is 5.32 Å². The highest BCUT2D eigenvalue weighted by molar-refractivity contribution is 5.85. The molecule has 0 aliphatic carbocycles. The fourth-order valence-electron chi connectivity index (χ4n) is 1.18. The van der Waals surface area contributed by atoms with Crippen molar-refractivity contribution in [2.45, 2.75) is 13.5 Å². The Morgan fingerprint density at radius 3 is 2.79 bits per heavy atom. The van der Waals surface area contributed by atoms with Crippen molar-refractivity contribution < 1.29 is 5.11 Å². The molecule has 0 heterocycles. The molecule has 0 fully saturated rings. The van der Waals surface area contributed by atoms with Gasteiger partial charge >= 0.3 is 0 Å². The zero-order chi connectivity index (χ0) is 9.68. The summed E-state index contributed by atoms with van der Waals surface area (Å²) in [5.74, 6) is 0.343. The molecule has 0 bridgehead atoms. The number of aryl methyl sites for hydroxylation is 1. The van der Waals surface area contributed by atoms with Gasteiger partial charge in [0, 0.05) is 25.2 Å². The predicted octanol–water partition coefficient (Wildman–Crippen LogP) is 1.17. The standard InChI is InChI=1S/C10H16N2O.ClH/c1-8-2-3-10(13)9(6-8)7-12-5-4-11;/h2-3,6,12-13H,4-5,7,11H2,1H3;1H. The molecule has 0 radical (unpaired) electrons. The number of nitrogens with one attached hydrogen (secondary N) is 1. The topological polar surface area (TPSA) is 58.3 Å². The fraction of sp³-hybridized carbons (Fsp3) is 0.400. The Morgan fingerprint density at radius 1 is 1.43 bits per heavy atom. The average Bonchev–Trinajstić information content (AvgIpc) is 2.11. The lowest BCUT2D eigenvalue weighted by Crippen LogP contribution is -2.21. The Morgan fingerprint density at radius 2 is 2.14 bits per heavy atom. The molecule has 1 aromatic carbocycles. The van der Waals surface area contributed by atoms with Crippen LogP contribution in [0.1, 0.15) is 11.1 Å². The maximum absolute atomic E-state index is 9.46. The largest absolute Gasteiger partial charge is 0.508 e. The van der Waals surface area contributed by atoms with Crippen LogP contribution < -0.4 is 11.1 Å². The molecule has 0 aliphatic rings. The lowest BCUT2D eigenvalue weighted by Gasteiger charge is -2.06. The number of nitrogens with two attached hydrogens (primary N) is 1. The minimum absolute atomic E-state index is 0. The second kappa shape index (κ2) is 6.65. The quantitative estimate of drug-likeness (QED) is 0.663. The highest BCUT2D eigenvalue weighted by atomic mass is 35.5. The van der Waals surface area contributed by atoms with Crippen LogP contribution in [-0.4, -0.2) is 18.2 Å². The fourth-order valence-corrected chi connectivity index (χ4v) is 1.18. The van der Waals surface area contributed by atoms with Crippen molar-refractivity contribution in [3.05, 3.63) is 29.3 Å². The number of hydrogen-bond acceptors (Lipinski definition) is 3. The number of hydrogen-bond donors (Lipinski definition) is 3. The summed E-state index contributed by atoms with van der Waals surface area (Å²) < 4.78 is 0. The summed E-state index contributed by atoms with van der Waals surface area (Å²) in [5.41, 5.74) is 7.42. The van der Waals surface area contributed by atoms with Gasteiger partial charge in [0.1, 0.15) is 5.75 Å². The first-order valence-electron chi connectivity index (χ1n) is 4.43. The van der Waals surface area contributed by atoms with Crippen LogP contribution in [0.3, 0.4) is 0 Å². The van der Waals surface area contributed by atoms with Crippen LogP contribution in [0.2, 0.25) is 0 Å². The third-order valence-corrected chi connectivity index (χ3v) is 1.87. The molecule has 1 aromatic rings. The molecular weight excluding hydrogens is 200 g/mol. The first-order valence-corrected chi connectivity index (χ1v) is 4.43. The molecule has 0 atom stereocenters. The predicted molar refractivity (Wildman–Crippen MR) is 60.9 cm³/mol. The van der Waals surface area contributed by atoms with Crippen LogP contribution in [0.4, 0.5) is 0 Å². The van der Waals surface area contributed by atoms with E-state index in [0.29, 0.717) is 18.8 Å². The van der Waals surface area contributed by atoms with E-state index in [2.05, 4.69) is 5.32 Å². The van der Waals surface area contributed by atoms with Crippen molar-refractivity contribution in [2.24, 2.45) is 5.73 Å². The normalized spacial score (nSPS) is 9.57. The third-order valence-electron chi connectivity index (χ3n) is 1.87. The van der Waals surface area contributed by atoms with Crippen LogP contribution in [0, 0.1) is 6.92 Å². The van der Waals surface area contributed by atoms with Gasteiger partial charge in [0.05, 0.1) is 0 Å². The highest BCUT2D eigenvalue weighted by Crippen LogP contribution is 2.17. The Balaban J connectivity index is 0.00000169. The molecule has 0 amide bonds. The first kappa shape index (κ1) is 13.2. The van der Waals surface area contributed by atoms with Gasteiger partial charge in [0.2, 0.25) is 0 Å². The number of phenolic OH excluding ortho intramolecular Hbond substituents is 1. The van der Waals surface area contributed by atoms with Gasteiger partial charge in [-0.1, -0.05) is 17.7 Å². The third kappa shape index (κ3) is 3.96. The number of aromatic hydroxyl groups is 1. The molecule has 0 aliphatic heterocycles. The maximum Gasteiger partial charge on any atom is 0.120 e. The molecule has 0 saturated carbocycles. The average molecular weight is 217 g/mol. The Bertz CT molecular complexity index is 279. The molecule has 3 nitrogen and oxygen atoms in total. The molecule has 1 rings (SSSR count). The van der Waals surface area contributed by atoms with E-state index in [0.717, 1.165) is 17.7 Å². The SMILES string of the molecule is Cc1ccc(O)c(CNCCN)c1.Cl. The van der Waals surface area contributed by atoms with E-state index in [-0.39, 0.29) is 12.4 Å². The monoisotopic (exact) mass is 216 g/mol. The van der Waals surface area contributed by atoms with Gasteiger partial charge in [-0.05, 0) is 13.0 Å². The van der Waals surface area contributed by atoms with Crippen molar-refractivity contribution in [1.29, 1.82) is 0 Å². The van der Waals surface area contributed by atoms with Gasteiger partial charge < -0.3 is 16.2 Å². The molecule has 4 heteroatoms. The lowest BCUT2D eigenvalue weighted by atomic mass is 10.1. The Hall–Kier alpha value is -0.770. The maximum atomic E-state index is 9.46. The van der Waals surface area contributed by atoms with E-state index >= 15 is 0 Å². The summed E-state index contributed by atoms with van der Waals surface area (Å²) in [4.78, 5) is 0. The minimum atomic E-state index is 0. The Kier molecular flexibility index (Phi) is 6.28. The van der Waals surface area contributed by atoms with E-state index in [4.69, 9.17) is 5.73 Å². The lowest BCUT2D eigenvalue weighted by molar-refractivity contribution is 0.464. The van der Waals surface area contributed by atoms with Gasteiger partial charge in [-0.25, -0.2) is 0 Å². The summed E-state index contributed by atoms with van der Waals surface area (Å²) in [6.07, 6.45) is 0. The van der Waals surface area contributed by atoms with Gasteiger partial charge in [-0.15, -0.1) is 12.4 Å². The van der Waals surface area contributed by atoms with E-state index in [1.165, 1.54) is 0 Å². The Labute approximate surface area is 90.7 Å². The number of halogens is 1. The smallest absolute Gasteiger partial charge is 0.120 e. The molecule has 14 heavy (non-hydrogen) atoms. The number of phenols is 1. The van der Waals surface area contributed by atoms with Gasteiger partial charge in [-0.2, -0.15) is 0 Å². The van der Waals surface area contributed by atoms with Gasteiger partial charge in [-0.3, -0.25) is 0 Å². The molecule has 4 N–H and O–H groups in total. The highest BCUT2D eigenvalue weighted by Gasteiger charge is 1.99. The van der Waals surface area contributed by atoms with Crippen LogP contribution in [-0.2, 0) is 6.54 Å². The van der Waals surface area contributed by atoms with Crippen molar-refractivity contribution in [2.75, 3.05) is 13.1 Å². The van der Waals surface area contributed by atoms with Crippen LogP contribution >= 0.6 is 12.4 Å². The summed E-state index contributed by atoms with van der Waals surface area (Å²) in [7, 11) is 0. The number of benzene rings is 1. The van der Waals surface area contributed by atoms with E-state index in [1.807, 2.05) is 19.1 Å². The first-order chi connectivity index (χ1) is 6.24. The minimum Gasteiger partial charge on any atom is -0.508 e. The molecule has 0 unspecified atom stereocenters. The molecule has 0 spiro atoms. The molecule has 0 saturated heterocycles. The van der Waals surface area contributed by atoms with Crippen molar-refractivity contribution in [3.63, 3.8) is 0 Å². The molecular formula is C10H17ClN2O. The summed E-state index contributed by atoms with van der Waals surface area (Å²) in [5, 5.41) is 12.6. The van der Waals surface area contributed by atoms with Crippen molar-refractivity contribution in [3.8, 4) is 5.75 Å². The second-order valence-corrected chi connectivity index (χ2v) is 3.10. The zero-order valence-corrected chi connectivity index (χ0v) is 9.10. The van der Waals surface area contributed by atoms with Crippen LogP contribution in [0.5, 0.6) is 5.75 Å². The zero-order valence-electron chi connectivity index (χ0n) is 8.29. The summed E-state index contributed by atoms with van der Waals surface area (Å²) in [6.45, 7) is 4.07. The second-order valence-electron chi connectivity index (χ2n) is 3.10. The molecule has 0 aromatic heterocycles. The van der Waals surface area contributed by atoms with Crippen molar-refractivity contribution >= 4 is 12.4 Å².